The minimum Gasteiger partial charge on any atom is -0.253 e. The minimum atomic E-state index is -4.45. The van der Waals surface area contributed by atoms with Crippen LogP contribution in [0.3, 0.4) is 0 Å². The first kappa shape index (κ1) is 20.8. The maximum atomic E-state index is 12.8. The maximum Gasteiger partial charge on any atom is 0.416 e. The van der Waals surface area contributed by atoms with Crippen molar-refractivity contribution in [1.29, 1.82) is 0 Å². The molecule has 3 aromatic rings. The highest BCUT2D eigenvalue weighted by Gasteiger charge is 2.30. The summed E-state index contributed by atoms with van der Waals surface area (Å²) in [6.45, 7) is 0. The highest BCUT2D eigenvalue weighted by molar-refractivity contribution is 7.93. The molecule has 0 saturated carbocycles. The predicted octanol–water partition coefficient (Wildman–Crippen LogP) is 5.26. The van der Waals surface area contributed by atoms with Crippen molar-refractivity contribution in [2.45, 2.75) is 17.5 Å². The third kappa shape index (κ3) is 4.93. The largest absolute Gasteiger partial charge is 0.416 e. The normalized spacial score (nSPS) is 12.2. The van der Waals surface area contributed by atoms with Gasteiger partial charge in [0.25, 0.3) is 10.0 Å². The van der Waals surface area contributed by atoms with Gasteiger partial charge >= 0.3 is 6.18 Å². The van der Waals surface area contributed by atoms with Gasteiger partial charge in [-0.25, -0.2) is 8.42 Å². The summed E-state index contributed by atoms with van der Waals surface area (Å²) in [6.07, 6.45) is -4.37. The van der Waals surface area contributed by atoms with E-state index in [1.54, 1.807) is 0 Å². The van der Waals surface area contributed by atoms with E-state index in [9.17, 15) is 21.6 Å². The van der Waals surface area contributed by atoms with Crippen molar-refractivity contribution in [1.82, 2.24) is 10.2 Å². The van der Waals surface area contributed by atoms with Crippen molar-refractivity contribution in [3.8, 4) is 0 Å². The number of anilines is 1. The van der Waals surface area contributed by atoms with Gasteiger partial charge in [0.2, 0.25) is 5.13 Å². The molecule has 148 valence electrons. The third-order valence-electron chi connectivity index (χ3n) is 3.48. The average Bonchev–Trinajstić information content (AvgIpc) is 3.00. The third-order valence-corrected chi connectivity index (χ3v) is 6.51. The number of hydrogen-bond acceptors (Lipinski definition) is 5. The SMILES string of the molecule is O=S(=O)(Nc1nnc(Cc2cccc(C(F)(F)F)c2)s1)c1ccc(Cl)cc1Cl. The van der Waals surface area contributed by atoms with Crippen molar-refractivity contribution in [2.24, 2.45) is 0 Å². The van der Waals surface area contributed by atoms with Crippen molar-refractivity contribution in [3.05, 3.63) is 68.6 Å². The Labute approximate surface area is 172 Å². The molecule has 0 radical (unpaired) electrons. The van der Waals surface area contributed by atoms with Crippen LogP contribution in [0.15, 0.2) is 47.4 Å². The predicted molar refractivity (Wildman–Crippen MR) is 101 cm³/mol. The van der Waals surface area contributed by atoms with E-state index in [0.29, 0.717) is 10.6 Å². The van der Waals surface area contributed by atoms with Crippen LogP contribution in [0.4, 0.5) is 18.3 Å². The molecule has 1 aromatic heterocycles. The molecule has 0 atom stereocenters. The van der Waals surface area contributed by atoms with Crippen LogP contribution in [0.25, 0.3) is 0 Å². The van der Waals surface area contributed by atoms with Crippen molar-refractivity contribution < 1.29 is 21.6 Å². The van der Waals surface area contributed by atoms with Gasteiger partial charge in [-0.05, 0) is 29.8 Å². The van der Waals surface area contributed by atoms with Crippen molar-refractivity contribution >= 4 is 49.7 Å². The lowest BCUT2D eigenvalue weighted by Crippen LogP contribution is -2.13. The Hall–Kier alpha value is -1.88. The number of hydrogen-bond donors (Lipinski definition) is 1. The summed E-state index contributed by atoms with van der Waals surface area (Å²) in [6, 6.07) is 8.71. The lowest BCUT2D eigenvalue weighted by atomic mass is 10.1. The lowest BCUT2D eigenvalue weighted by Gasteiger charge is -2.07. The van der Waals surface area contributed by atoms with Gasteiger partial charge in [0.15, 0.2) is 0 Å². The monoisotopic (exact) mass is 467 g/mol. The molecule has 1 N–H and O–H groups in total. The van der Waals surface area contributed by atoms with Gasteiger partial charge in [-0.1, -0.05) is 52.7 Å². The summed E-state index contributed by atoms with van der Waals surface area (Å²) in [5, 5.41) is 8.08. The van der Waals surface area contributed by atoms with Crippen molar-refractivity contribution in [3.63, 3.8) is 0 Å². The average molecular weight is 468 g/mol. The first-order valence-electron chi connectivity index (χ1n) is 7.51. The molecular weight excluding hydrogens is 458 g/mol. The summed E-state index contributed by atoms with van der Waals surface area (Å²) in [5.74, 6) is 0. The number of rotatable bonds is 5. The number of nitrogens with one attached hydrogen (secondary N) is 1. The molecular formula is C16H10Cl2F3N3O2S2. The van der Waals surface area contributed by atoms with Crippen LogP contribution in [0.1, 0.15) is 16.1 Å². The number of halogens is 5. The molecule has 0 unspecified atom stereocenters. The van der Waals surface area contributed by atoms with Gasteiger partial charge in [0, 0.05) is 11.4 Å². The molecule has 0 bridgehead atoms. The molecule has 0 aliphatic heterocycles. The van der Waals surface area contributed by atoms with E-state index < -0.39 is 21.8 Å². The molecule has 3 rings (SSSR count). The summed E-state index contributed by atoms with van der Waals surface area (Å²) in [5.41, 5.74) is -0.394. The van der Waals surface area contributed by atoms with Crippen LogP contribution in [0.5, 0.6) is 0 Å². The van der Waals surface area contributed by atoms with Crippen LogP contribution >= 0.6 is 34.5 Å². The van der Waals surface area contributed by atoms with Crippen molar-refractivity contribution in [2.75, 3.05) is 4.72 Å². The Bertz CT molecular complexity index is 1120. The van der Waals surface area contributed by atoms with E-state index in [0.717, 1.165) is 23.5 Å². The smallest absolute Gasteiger partial charge is 0.253 e. The van der Waals surface area contributed by atoms with Crippen LogP contribution in [-0.2, 0) is 22.6 Å². The van der Waals surface area contributed by atoms with E-state index in [1.807, 2.05) is 0 Å². The number of benzene rings is 2. The van der Waals surface area contributed by atoms with E-state index in [4.69, 9.17) is 23.2 Å². The van der Waals surface area contributed by atoms with Gasteiger partial charge in [-0.15, -0.1) is 10.2 Å². The first-order valence-corrected chi connectivity index (χ1v) is 10.6. The second-order valence-electron chi connectivity index (χ2n) is 5.56. The Morgan fingerprint density at radius 2 is 1.82 bits per heavy atom. The number of nitrogens with zero attached hydrogens (tertiary/aromatic N) is 2. The fraction of sp³-hybridized carbons (Fsp3) is 0.125. The summed E-state index contributed by atoms with van der Waals surface area (Å²) in [4.78, 5) is -0.187. The molecule has 0 fully saturated rings. The Morgan fingerprint density at radius 3 is 2.50 bits per heavy atom. The zero-order valence-corrected chi connectivity index (χ0v) is 16.8. The maximum absolute atomic E-state index is 12.8. The molecule has 0 aliphatic rings. The Kier molecular flexibility index (Phi) is 5.85. The van der Waals surface area contributed by atoms with Crippen LogP contribution < -0.4 is 4.72 Å². The van der Waals surface area contributed by atoms with E-state index in [1.165, 1.54) is 30.3 Å². The topological polar surface area (TPSA) is 72.0 Å². The molecule has 0 amide bonds. The van der Waals surface area contributed by atoms with Gasteiger partial charge in [0.1, 0.15) is 9.90 Å². The molecule has 2 aromatic carbocycles. The summed E-state index contributed by atoms with van der Waals surface area (Å²) in [7, 11) is -4.03. The first-order chi connectivity index (χ1) is 13.0. The van der Waals surface area contributed by atoms with Crippen LogP contribution in [0.2, 0.25) is 10.0 Å². The second-order valence-corrected chi connectivity index (χ2v) is 9.11. The second kappa shape index (κ2) is 7.86. The van der Waals surface area contributed by atoms with Crippen LogP contribution in [-0.4, -0.2) is 18.6 Å². The highest BCUT2D eigenvalue weighted by atomic mass is 35.5. The molecule has 5 nitrogen and oxygen atoms in total. The van der Waals surface area contributed by atoms with Gasteiger partial charge < -0.3 is 0 Å². The van der Waals surface area contributed by atoms with E-state index in [2.05, 4.69) is 14.9 Å². The lowest BCUT2D eigenvalue weighted by molar-refractivity contribution is -0.137. The number of sulfonamides is 1. The quantitative estimate of drug-likeness (QED) is 0.555. The fourth-order valence-corrected chi connectivity index (χ4v) is 5.04. The van der Waals surface area contributed by atoms with Crippen LogP contribution in [0, 0.1) is 0 Å². The minimum absolute atomic E-state index is 0.0343. The summed E-state index contributed by atoms with van der Waals surface area (Å²) < 4.78 is 65.5. The molecule has 1 heterocycles. The highest BCUT2D eigenvalue weighted by Crippen LogP contribution is 2.31. The molecule has 0 spiro atoms. The standard InChI is InChI=1S/C16H10Cl2F3N3O2S2/c17-11-4-5-13(12(18)8-11)28(25,26)24-15-23-22-14(27-15)7-9-2-1-3-10(6-9)16(19,20)21/h1-6,8H,7H2,(H,23,24). The van der Waals surface area contributed by atoms with E-state index >= 15 is 0 Å². The zero-order chi connectivity index (χ0) is 20.5. The molecule has 0 aliphatic carbocycles. The molecule has 0 saturated heterocycles. The Balaban J connectivity index is 1.77. The Morgan fingerprint density at radius 1 is 1.07 bits per heavy atom. The molecule has 12 heteroatoms. The van der Waals surface area contributed by atoms with E-state index in [-0.39, 0.29) is 26.5 Å². The summed E-state index contributed by atoms with van der Waals surface area (Å²) >= 11 is 12.6. The van der Waals surface area contributed by atoms with Gasteiger partial charge in [-0.3, -0.25) is 4.72 Å². The fourth-order valence-electron chi connectivity index (χ4n) is 2.26. The van der Waals surface area contributed by atoms with Gasteiger partial charge in [-0.2, -0.15) is 13.2 Å². The number of aromatic nitrogens is 2. The van der Waals surface area contributed by atoms with Gasteiger partial charge in [0.05, 0.1) is 10.6 Å². The number of alkyl halides is 3. The molecule has 28 heavy (non-hydrogen) atoms. The zero-order valence-electron chi connectivity index (χ0n) is 13.7.